The molecule has 1 aliphatic heterocycles. The lowest BCUT2D eigenvalue weighted by Gasteiger charge is -2.25. The van der Waals surface area contributed by atoms with Gasteiger partial charge in [-0.2, -0.15) is 0 Å². The molecule has 0 saturated carbocycles. The highest BCUT2D eigenvalue weighted by molar-refractivity contribution is 5.86. The summed E-state index contributed by atoms with van der Waals surface area (Å²) in [6.45, 7) is 0.982. The van der Waals surface area contributed by atoms with Gasteiger partial charge in [0, 0.05) is 44.9 Å². The van der Waals surface area contributed by atoms with E-state index in [-0.39, 0.29) is 37.4 Å². The van der Waals surface area contributed by atoms with Gasteiger partial charge in [0.05, 0.1) is 19.7 Å². The van der Waals surface area contributed by atoms with Crippen molar-refractivity contribution in [1.82, 2.24) is 19.4 Å². The minimum absolute atomic E-state index is 0.00635. The maximum atomic E-state index is 12.7. The average Bonchev–Trinajstić information content (AvgIpc) is 3.21. The summed E-state index contributed by atoms with van der Waals surface area (Å²) in [6.07, 6.45) is 3.91. The van der Waals surface area contributed by atoms with Gasteiger partial charge >= 0.3 is 0 Å². The van der Waals surface area contributed by atoms with Crippen molar-refractivity contribution >= 4 is 11.8 Å². The highest BCUT2D eigenvalue weighted by atomic mass is 16.3. The van der Waals surface area contributed by atoms with Gasteiger partial charge in [-0.3, -0.25) is 9.59 Å². The third kappa shape index (κ3) is 4.11. The number of aryl methyl sites for hydroxylation is 1. The Balaban J connectivity index is 1.63. The molecule has 1 fully saturated rings. The van der Waals surface area contributed by atoms with E-state index in [4.69, 9.17) is 0 Å². The number of rotatable bonds is 7. The molecular weight excluding hydrogens is 332 g/mol. The first kappa shape index (κ1) is 18.1. The minimum Gasteiger partial charge on any atom is -0.395 e. The second-order valence-electron chi connectivity index (χ2n) is 6.58. The predicted molar refractivity (Wildman–Crippen MR) is 96.1 cm³/mol. The Labute approximate surface area is 152 Å². The first-order chi connectivity index (χ1) is 12.6. The molecule has 1 aliphatic rings. The van der Waals surface area contributed by atoms with E-state index in [9.17, 15) is 14.7 Å². The van der Waals surface area contributed by atoms with Crippen LogP contribution in [0, 0.1) is 0 Å². The third-order valence-corrected chi connectivity index (χ3v) is 4.79. The predicted octanol–water partition coefficient (Wildman–Crippen LogP) is 0.757. The smallest absolute Gasteiger partial charge is 0.242 e. The van der Waals surface area contributed by atoms with Gasteiger partial charge in [0.15, 0.2) is 0 Å². The van der Waals surface area contributed by atoms with Gasteiger partial charge in [0.25, 0.3) is 0 Å². The second-order valence-corrected chi connectivity index (χ2v) is 6.58. The number of aromatic nitrogens is 2. The number of aliphatic hydroxyl groups is 1. The van der Waals surface area contributed by atoms with E-state index in [1.165, 1.54) is 0 Å². The molecule has 0 aliphatic carbocycles. The molecule has 1 N–H and O–H groups in total. The van der Waals surface area contributed by atoms with Crippen LogP contribution in [0.3, 0.4) is 0 Å². The number of nitrogens with zero attached hydrogens (tertiary/aromatic N) is 4. The van der Waals surface area contributed by atoms with Crippen LogP contribution in [-0.4, -0.2) is 62.5 Å². The van der Waals surface area contributed by atoms with Gasteiger partial charge in [-0.25, -0.2) is 4.98 Å². The van der Waals surface area contributed by atoms with Crippen LogP contribution in [0.15, 0.2) is 42.7 Å². The zero-order valence-electron chi connectivity index (χ0n) is 14.9. The van der Waals surface area contributed by atoms with Gasteiger partial charge < -0.3 is 19.5 Å². The number of benzene rings is 1. The van der Waals surface area contributed by atoms with Crippen LogP contribution in [-0.2, 0) is 23.2 Å². The van der Waals surface area contributed by atoms with Crippen LogP contribution in [0.25, 0.3) is 0 Å². The lowest BCUT2D eigenvalue weighted by atomic mass is 9.99. The number of carbonyl (C=O) groups is 2. The summed E-state index contributed by atoms with van der Waals surface area (Å²) in [5, 5.41) is 9.29. The number of hydrogen-bond acceptors (Lipinski definition) is 4. The third-order valence-electron chi connectivity index (χ3n) is 4.79. The maximum Gasteiger partial charge on any atom is 0.242 e. The summed E-state index contributed by atoms with van der Waals surface area (Å²) in [7, 11) is 1.86. The molecule has 1 aromatic carbocycles. The molecule has 1 aromatic heterocycles. The van der Waals surface area contributed by atoms with Crippen LogP contribution >= 0.6 is 0 Å². The molecule has 1 atom stereocenters. The van der Waals surface area contributed by atoms with Gasteiger partial charge in [0.1, 0.15) is 5.82 Å². The lowest BCUT2D eigenvalue weighted by Crippen LogP contribution is -2.42. The Bertz CT molecular complexity index is 759. The van der Waals surface area contributed by atoms with Crippen molar-refractivity contribution in [2.75, 3.05) is 26.2 Å². The first-order valence-electron chi connectivity index (χ1n) is 8.76. The van der Waals surface area contributed by atoms with Crippen molar-refractivity contribution in [1.29, 1.82) is 0 Å². The van der Waals surface area contributed by atoms with Crippen LogP contribution in [0.5, 0.6) is 0 Å². The maximum absolute atomic E-state index is 12.7. The molecule has 3 rings (SSSR count). The minimum atomic E-state index is -0.177. The largest absolute Gasteiger partial charge is 0.395 e. The number of aliphatic hydroxyl groups excluding tert-OH is 1. The van der Waals surface area contributed by atoms with E-state index in [2.05, 4.69) is 4.98 Å². The first-order valence-corrected chi connectivity index (χ1v) is 8.76. The summed E-state index contributed by atoms with van der Waals surface area (Å²) in [5.74, 6) is 0.677. The van der Waals surface area contributed by atoms with Crippen molar-refractivity contribution in [3.05, 3.63) is 54.1 Å². The Morgan fingerprint density at radius 3 is 2.77 bits per heavy atom. The fourth-order valence-electron chi connectivity index (χ4n) is 3.27. The zero-order valence-corrected chi connectivity index (χ0v) is 14.9. The highest BCUT2D eigenvalue weighted by Crippen LogP contribution is 2.27. The van der Waals surface area contributed by atoms with Crippen LogP contribution in [0.1, 0.15) is 23.7 Å². The van der Waals surface area contributed by atoms with Crippen LogP contribution in [0.2, 0.25) is 0 Å². The number of amides is 2. The summed E-state index contributed by atoms with van der Waals surface area (Å²) in [4.78, 5) is 32.4. The molecule has 0 spiro atoms. The standard InChI is InChI=1S/C19H24N4O3/c1-21-8-7-20-17(21)13-22(9-10-24)19(26)14-23-12-16(11-18(23)25)15-5-3-2-4-6-15/h2-8,16,24H,9-14H2,1H3/t16-/m1/s1. The Kier molecular flexibility index (Phi) is 5.68. The van der Waals surface area contributed by atoms with Crippen molar-refractivity contribution in [2.45, 2.75) is 18.9 Å². The van der Waals surface area contributed by atoms with E-state index < -0.39 is 0 Å². The topological polar surface area (TPSA) is 78.7 Å². The van der Waals surface area contributed by atoms with Crippen molar-refractivity contribution < 1.29 is 14.7 Å². The van der Waals surface area contributed by atoms with E-state index >= 15 is 0 Å². The Morgan fingerprint density at radius 2 is 2.12 bits per heavy atom. The monoisotopic (exact) mass is 356 g/mol. The SMILES string of the molecule is Cn1ccnc1CN(CCO)C(=O)CN1C[C@H](c2ccccc2)CC1=O. The fraction of sp³-hybridized carbons (Fsp3) is 0.421. The molecule has 2 aromatic rings. The van der Waals surface area contributed by atoms with Gasteiger partial charge in [-0.15, -0.1) is 0 Å². The van der Waals surface area contributed by atoms with Gasteiger partial charge in [0.2, 0.25) is 11.8 Å². The van der Waals surface area contributed by atoms with E-state index in [1.807, 2.05) is 48.1 Å². The molecule has 138 valence electrons. The number of carbonyl (C=O) groups excluding carboxylic acids is 2. The second kappa shape index (κ2) is 8.14. The molecule has 7 heteroatoms. The molecule has 0 bridgehead atoms. The number of likely N-dealkylation sites (tertiary alicyclic amines) is 1. The summed E-state index contributed by atoms with van der Waals surface area (Å²) in [5.41, 5.74) is 1.12. The van der Waals surface area contributed by atoms with E-state index in [0.29, 0.717) is 19.5 Å². The van der Waals surface area contributed by atoms with E-state index in [0.717, 1.165) is 11.4 Å². The Morgan fingerprint density at radius 1 is 1.35 bits per heavy atom. The summed E-state index contributed by atoms with van der Waals surface area (Å²) < 4.78 is 1.84. The van der Waals surface area contributed by atoms with Crippen molar-refractivity contribution in [3.8, 4) is 0 Å². The quantitative estimate of drug-likeness (QED) is 0.794. The van der Waals surface area contributed by atoms with E-state index in [1.54, 1.807) is 16.0 Å². The average molecular weight is 356 g/mol. The fourth-order valence-corrected chi connectivity index (χ4v) is 3.27. The van der Waals surface area contributed by atoms with Crippen LogP contribution in [0.4, 0.5) is 0 Å². The van der Waals surface area contributed by atoms with Crippen molar-refractivity contribution in [2.24, 2.45) is 7.05 Å². The molecule has 26 heavy (non-hydrogen) atoms. The van der Waals surface area contributed by atoms with Crippen LogP contribution < -0.4 is 0 Å². The molecule has 2 amide bonds. The van der Waals surface area contributed by atoms with Gasteiger partial charge in [-0.05, 0) is 5.56 Å². The molecule has 0 radical (unpaired) electrons. The summed E-state index contributed by atoms with van der Waals surface area (Å²) in [6, 6.07) is 9.91. The molecule has 1 saturated heterocycles. The summed E-state index contributed by atoms with van der Waals surface area (Å²) >= 11 is 0. The zero-order chi connectivity index (χ0) is 18.5. The van der Waals surface area contributed by atoms with Crippen molar-refractivity contribution in [3.63, 3.8) is 0 Å². The lowest BCUT2D eigenvalue weighted by molar-refractivity contribution is -0.139. The molecular formula is C19H24N4O3. The molecule has 0 unspecified atom stereocenters. The normalized spacial score (nSPS) is 16.9. The Hall–Kier alpha value is -2.67. The van der Waals surface area contributed by atoms with Gasteiger partial charge in [-0.1, -0.05) is 30.3 Å². The number of hydrogen-bond donors (Lipinski definition) is 1. The number of imidazole rings is 1. The highest BCUT2D eigenvalue weighted by Gasteiger charge is 2.32. The molecule has 7 nitrogen and oxygen atoms in total. The molecule has 2 heterocycles.